The molecule has 0 bridgehead atoms. The molecule has 0 saturated heterocycles. The third-order valence-electron chi connectivity index (χ3n) is 4.93. The van der Waals surface area contributed by atoms with Gasteiger partial charge in [0, 0.05) is 16.3 Å². The highest BCUT2D eigenvalue weighted by Crippen LogP contribution is 2.29. The molecule has 0 saturated carbocycles. The van der Waals surface area contributed by atoms with E-state index in [9.17, 15) is 4.79 Å². The van der Waals surface area contributed by atoms with Gasteiger partial charge in [0.1, 0.15) is 18.1 Å². The van der Waals surface area contributed by atoms with Gasteiger partial charge in [0.05, 0.1) is 23.0 Å². The molecule has 160 valence electrons. The van der Waals surface area contributed by atoms with Gasteiger partial charge in [0.15, 0.2) is 5.17 Å². The van der Waals surface area contributed by atoms with Crippen molar-refractivity contribution < 1.29 is 14.1 Å². The highest BCUT2D eigenvalue weighted by atomic mass is 35.5. The number of amidine groups is 1. The first kappa shape index (κ1) is 21.5. The number of anilines is 1. The summed E-state index contributed by atoms with van der Waals surface area (Å²) >= 11 is 7.61. The Balaban J connectivity index is 1.54. The van der Waals surface area contributed by atoms with Crippen LogP contribution in [0.15, 0.2) is 58.0 Å². The number of benzene rings is 2. The van der Waals surface area contributed by atoms with Crippen LogP contribution in [0.25, 0.3) is 0 Å². The lowest BCUT2D eigenvalue weighted by Crippen LogP contribution is -2.34. The van der Waals surface area contributed by atoms with Gasteiger partial charge >= 0.3 is 0 Å². The van der Waals surface area contributed by atoms with Crippen LogP contribution in [0.1, 0.15) is 34.3 Å². The largest absolute Gasteiger partial charge is 0.489 e. The lowest BCUT2D eigenvalue weighted by molar-refractivity contribution is 0.100. The Kier molecular flexibility index (Phi) is 6.34. The number of halogens is 1. The van der Waals surface area contributed by atoms with E-state index >= 15 is 0 Å². The summed E-state index contributed by atoms with van der Waals surface area (Å²) in [4.78, 5) is 19.7. The van der Waals surface area contributed by atoms with Crippen LogP contribution in [-0.4, -0.2) is 28.0 Å². The number of ether oxygens (including phenoxy) is 1. The lowest BCUT2D eigenvalue weighted by atomic mass is 10.1. The van der Waals surface area contributed by atoms with Crippen LogP contribution >= 0.6 is 23.4 Å². The number of hydrogen-bond acceptors (Lipinski definition) is 6. The number of hydrogen-bond donors (Lipinski definition) is 0. The van der Waals surface area contributed by atoms with E-state index in [0.717, 1.165) is 28.5 Å². The molecule has 1 amide bonds. The summed E-state index contributed by atoms with van der Waals surface area (Å²) in [7, 11) is 0. The van der Waals surface area contributed by atoms with Gasteiger partial charge in [0.2, 0.25) is 0 Å². The molecule has 0 fully saturated rings. The molecule has 2 aromatic carbocycles. The fourth-order valence-corrected chi connectivity index (χ4v) is 4.33. The van der Waals surface area contributed by atoms with Crippen LogP contribution in [0.2, 0.25) is 5.02 Å². The summed E-state index contributed by atoms with van der Waals surface area (Å²) in [6.07, 6.45) is 0. The molecule has 1 aliphatic heterocycles. The van der Waals surface area contributed by atoms with Crippen molar-refractivity contribution in [3.8, 4) is 5.75 Å². The molecule has 0 N–H and O–H groups in total. The number of aromatic nitrogens is 1. The van der Waals surface area contributed by atoms with Gasteiger partial charge < -0.3 is 9.26 Å². The molecule has 6 nitrogen and oxygen atoms in total. The molecule has 1 aliphatic rings. The first-order valence-corrected chi connectivity index (χ1v) is 11.2. The molecule has 0 unspecified atom stereocenters. The molecule has 1 atom stereocenters. The standard InChI is InChI=1S/C23H22ClN3O3S/c1-14-13-31-23(25-14)27(19-8-6-18(24)7-9-19)22(28)17-4-10-20(11-5-17)29-12-21-15(2)26-30-16(21)3/h4-11,14H,12-13H2,1-3H3/t14-/m1/s1. The number of nitrogens with zero attached hydrogens (tertiary/aromatic N) is 3. The molecule has 4 rings (SSSR count). The second kappa shape index (κ2) is 9.16. The van der Waals surface area contributed by atoms with Crippen molar-refractivity contribution in [1.29, 1.82) is 0 Å². The average molecular weight is 456 g/mol. The summed E-state index contributed by atoms with van der Waals surface area (Å²) in [5.74, 6) is 2.10. The number of rotatable bonds is 5. The number of amides is 1. The summed E-state index contributed by atoms with van der Waals surface area (Å²) in [5, 5.41) is 5.24. The SMILES string of the molecule is Cc1noc(C)c1COc1ccc(C(=O)N(C2=N[C@H](C)CS2)c2ccc(Cl)cc2)cc1. The lowest BCUT2D eigenvalue weighted by Gasteiger charge is -2.22. The van der Waals surface area contributed by atoms with Gasteiger partial charge in [0.25, 0.3) is 5.91 Å². The highest BCUT2D eigenvalue weighted by Gasteiger charge is 2.27. The van der Waals surface area contributed by atoms with E-state index in [4.69, 9.17) is 20.9 Å². The van der Waals surface area contributed by atoms with Gasteiger partial charge in [-0.05, 0) is 69.3 Å². The molecule has 0 aliphatic carbocycles. The Morgan fingerprint density at radius 3 is 2.48 bits per heavy atom. The van der Waals surface area contributed by atoms with Crippen LogP contribution in [-0.2, 0) is 6.61 Å². The maximum atomic E-state index is 13.4. The van der Waals surface area contributed by atoms with Gasteiger partial charge in [-0.1, -0.05) is 28.5 Å². The second-order valence-electron chi connectivity index (χ2n) is 7.30. The van der Waals surface area contributed by atoms with Crippen LogP contribution in [0, 0.1) is 13.8 Å². The van der Waals surface area contributed by atoms with Crippen LogP contribution in [0.3, 0.4) is 0 Å². The Bertz CT molecular complexity index is 1090. The first-order valence-electron chi connectivity index (χ1n) is 9.87. The van der Waals surface area contributed by atoms with Crippen molar-refractivity contribution in [3.63, 3.8) is 0 Å². The van der Waals surface area contributed by atoms with E-state index in [-0.39, 0.29) is 11.9 Å². The zero-order chi connectivity index (χ0) is 22.0. The van der Waals surface area contributed by atoms with E-state index in [2.05, 4.69) is 10.1 Å². The average Bonchev–Trinajstić information content (AvgIpc) is 3.33. The number of thioether (sulfide) groups is 1. The zero-order valence-corrected chi connectivity index (χ0v) is 19.0. The van der Waals surface area contributed by atoms with E-state index in [1.54, 1.807) is 53.1 Å². The van der Waals surface area contributed by atoms with Gasteiger partial charge in [-0.3, -0.25) is 14.7 Å². The Morgan fingerprint density at radius 1 is 1.19 bits per heavy atom. The van der Waals surface area contributed by atoms with E-state index in [0.29, 0.717) is 28.1 Å². The van der Waals surface area contributed by atoms with Gasteiger partial charge in [-0.2, -0.15) is 0 Å². The van der Waals surface area contributed by atoms with Gasteiger partial charge in [-0.25, -0.2) is 0 Å². The number of carbonyl (C=O) groups is 1. The smallest absolute Gasteiger partial charge is 0.264 e. The molecule has 8 heteroatoms. The first-order chi connectivity index (χ1) is 14.9. The van der Waals surface area contributed by atoms with Crippen molar-refractivity contribution in [2.24, 2.45) is 4.99 Å². The predicted molar refractivity (Wildman–Crippen MR) is 124 cm³/mol. The van der Waals surface area contributed by atoms with Gasteiger partial charge in [-0.15, -0.1) is 0 Å². The summed E-state index contributed by atoms with van der Waals surface area (Å²) in [6, 6.07) is 14.5. The van der Waals surface area contributed by atoms with Crippen molar-refractivity contribution >= 4 is 40.1 Å². The minimum Gasteiger partial charge on any atom is -0.489 e. The minimum absolute atomic E-state index is 0.153. The number of aryl methyl sites for hydroxylation is 2. The zero-order valence-electron chi connectivity index (χ0n) is 17.5. The summed E-state index contributed by atoms with van der Waals surface area (Å²) in [5.41, 5.74) is 3.02. The van der Waals surface area contributed by atoms with Crippen molar-refractivity contribution in [2.75, 3.05) is 10.7 Å². The fraction of sp³-hybridized carbons (Fsp3) is 0.261. The van der Waals surface area contributed by atoms with Crippen molar-refractivity contribution in [3.05, 3.63) is 76.1 Å². The van der Waals surface area contributed by atoms with E-state index in [1.165, 1.54) is 0 Å². The fourth-order valence-electron chi connectivity index (χ4n) is 3.17. The molecule has 0 radical (unpaired) electrons. The third kappa shape index (κ3) is 4.78. The molecular formula is C23H22ClN3O3S. The Labute approximate surface area is 190 Å². The monoisotopic (exact) mass is 455 g/mol. The van der Waals surface area contributed by atoms with Crippen molar-refractivity contribution in [2.45, 2.75) is 33.4 Å². The summed E-state index contributed by atoms with van der Waals surface area (Å²) < 4.78 is 11.0. The molecule has 0 spiro atoms. The normalized spacial score (nSPS) is 15.6. The molecule has 2 heterocycles. The van der Waals surface area contributed by atoms with E-state index < -0.39 is 0 Å². The number of aliphatic imine (C=N–C) groups is 1. The van der Waals surface area contributed by atoms with E-state index in [1.807, 2.05) is 32.9 Å². The Hall–Kier alpha value is -2.77. The quantitative estimate of drug-likeness (QED) is 0.496. The third-order valence-corrected chi connectivity index (χ3v) is 6.38. The Morgan fingerprint density at radius 2 is 1.90 bits per heavy atom. The minimum atomic E-state index is -0.153. The maximum absolute atomic E-state index is 13.4. The highest BCUT2D eigenvalue weighted by molar-refractivity contribution is 8.14. The topological polar surface area (TPSA) is 67.9 Å². The van der Waals surface area contributed by atoms with Crippen LogP contribution < -0.4 is 9.64 Å². The maximum Gasteiger partial charge on any atom is 0.264 e. The molecular weight excluding hydrogens is 434 g/mol. The predicted octanol–water partition coefficient (Wildman–Crippen LogP) is 5.66. The number of carbonyl (C=O) groups excluding carboxylic acids is 1. The molecule has 3 aromatic rings. The van der Waals surface area contributed by atoms with Crippen molar-refractivity contribution in [1.82, 2.24) is 5.16 Å². The second-order valence-corrected chi connectivity index (χ2v) is 8.73. The molecule has 1 aromatic heterocycles. The van der Waals surface area contributed by atoms with Crippen LogP contribution in [0.5, 0.6) is 5.75 Å². The molecule has 31 heavy (non-hydrogen) atoms. The van der Waals surface area contributed by atoms with Crippen LogP contribution in [0.4, 0.5) is 5.69 Å². The summed E-state index contributed by atoms with van der Waals surface area (Å²) in [6.45, 7) is 6.13.